The van der Waals surface area contributed by atoms with Gasteiger partial charge in [-0.1, -0.05) is 183 Å². The van der Waals surface area contributed by atoms with Crippen LogP contribution in [-0.2, 0) is 11.6 Å². The standard InChI is InChI=1S/C35H28N2O3.C18H15OP.Eu/c1-24(18-19-25(2)37(28-12-6-4-7-13-28)29-14-8-5-9-15-29)26-20-22-27(23-21-26)33(38)32-34(39)30-16-10-11-17-31(30)36(3)35(32)40;19-20(16-10-4-1-5-11-16,17-12-6-2-7-13-17)18-14-8-3-9-15-18;/h4-23,39H,1-2H2,3H3;1-15H;/b19-18-;;. The van der Waals surface area contributed by atoms with E-state index in [9.17, 15) is 19.3 Å². The van der Waals surface area contributed by atoms with E-state index in [0.29, 0.717) is 16.5 Å². The number of pyridine rings is 1. The first kappa shape index (κ1) is 44.6. The fourth-order valence-electron chi connectivity index (χ4n) is 7.03. The molecule has 8 heteroatoms. The Kier molecular flexibility index (Phi) is 15.0. The number of carbonyl (C=O) groups is 1. The zero-order valence-electron chi connectivity index (χ0n) is 33.5. The van der Waals surface area contributed by atoms with Crippen LogP contribution in [-0.4, -0.2) is 15.5 Å². The van der Waals surface area contributed by atoms with E-state index >= 15 is 0 Å². The fraction of sp³-hybridized carbons (Fsp3) is 0.0189. The van der Waals surface area contributed by atoms with Gasteiger partial charge in [0.2, 0.25) is 5.78 Å². The largest absolute Gasteiger partial charge is 0.506 e. The molecule has 0 saturated carbocycles. The molecule has 0 amide bonds. The topological polar surface area (TPSA) is 79.6 Å². The zero-order valence-corrected chi connectivity index (χ0v) is 36.8. The SMILES string of the molecule is C=C(/C=C\C(=C)N(c1ccccc1)c1ccccc1)c1ccc(C(=O)c2c(O)c3ccccc3n(C)c2=O)cc1.O=P(c1ccccc1)(c1ccccc1)c1ccccc1.[Eu]. The van der Waals surface area contributed by atoms with Crippen molar-refractivity contribution in [2.24, 2.45) is 7.05 Å². The maximum Gasteiger partial charge on any atom is 0.265 e. The predicted molar refractivity (Wildman–Crippen MR) is 249 cm³/mol. The summed E-state index contributed by atoms with van der Waals surface area (Å²) in [6.07, 6.45) is 3.78. The maximum atomic E-state index is 13.8. The summed E-state index contributed by atoms with van der Waals surface area (Å²) in [5, 5.41) is 13.9. The third-order valence-corrected chi connectivity index (χ3v) is 13.2. The van der Waals surface area contributed by atoms with Crippen LogP contribution < -0.4 is 26.4 Å². The third kappa shape index (κ3) is 9.83. The second-order valence-corrected chi connectivity index (χ2v) is 16.8. The molecule has 0 fully saturated rings. The van der Waals surface area contributed by atoms with Gasteiger partial charge in [0, 0.05) is 100 Å². The van der Waals surface area contributed by atoms with E-state index in [1.165, 1.54) is 4.57 Å². The van der Waals surface area contributed by atoms with Crippen LogP contribution in [0.2, 0.25) is 0 Å². The van der Waals surface area contributed by atoms with Crippen molar-refractivity contribution >= 4 is 56.7 Å². The summed E-state index contributed by atoms with van der Waals surface area (Å²) in [5.41, 5.74) is 4.33. The number of hydrogen-bond donors (Lipinski definition) is 1. The van der Waals surface area contributed by atoms with Crippen LogP contribution in [0.5, 0.6) is 5.75 Å². The van der Waals surface area contributed by atoms with Gasteiger partial charge < -0.3 is 19.1 Å². The third-order valence-electron chi connectivity index (χ3n) is 10.2. The molecular formula is C53H43EuN2O4P. The van der Waals surface area contributed by atoms with Crippen molar-refractivity contribution in [3.63, 3.8) is 0 Å². The molecule has 1 heterocycles. The van der Waals surface area contributed by atoms with Crippen molar-refractivity contribution in [3.8, 4) is 5.75 Å². The van der Waals surface area contributed by atoms with Crippen LogP contribution >= 0.6 is 7.14 Å². The number of ketones is 1. The number of fused-ring (bicyclic) bond motifs is 1. The van der Waals surface area contributed by atoms with Crippen LogP contribution in [0.4, 0.5) is 11.4 Å². The van der Waals surface area contributed by atoms with E-state index in [1.807, 2.05) is 164 Å². The van der Waals surface area contributed by atoms with Gasteiger partial charge in [-0.3, -0.25) is 9.59 Å². The average Bonchev–Trinajstić information content (AvgIpc) is 3.31. The molecule has 8 aromatic rings. The van der Waals surface area contributed by atoms with E-state index in [0.717, 1.165) is 44.1 Å². The number of allylic oxidation sites excluding steroid dienone is 3. The Hall–Kier alpha value is -5.95. The van der Waals surface area contributed by atoms with Crippen molar-refractivity contribution in [1.82, 2.24) is 4.57 Å². The number of carbonyl (C=O) groups excluding carboxylic acids is 1. The van der Waals surface area contributed by atoms with Crippen molar-refractivity contribution in [1.29, 1.82) is 0 Å². The normalized spacial score (nSPS) is 10.9. The quantitative estimate of drug-likeness (QED) is 0.0794. The smallest absolute Gasteiger partial charge is 0.265 e. The average molecular weight is 955 g/mol. The Bertz CT molecular complexity index is 2780. The van der Waals surface area contributed by atoms with Crippen LogP contribution in [0.1, 0.15) is 21.5 Å². The summed E-state index contributed by atoms with van der Waals surface area (Å²) >= 11 is 0. The second kappa shape index (κ2) is 20.5. The summed E-state index contributed by atoms with van der Waals surface area (Å²) in [5.74, 6) is -0.841. The van der Waals surface area contributed by atoms with Gasteiger partial charge in [-0.15, -0.1) is 0 Å². The van der Waals surface area contributed by atoms with Gasteiger partial charge in [0.25, 0.3) is 5.56 Å². The van der Waals surface area contributed by atoms with Gasteiger partial charge in [-0.05, 0) is 53.6 Å². The van der Waals surface area contributed by atoms with Gasteiger partial charge in [0.05, 0.1) is 5.52 Å². The molecule has 0 saturated heterocycles. The molecule has 0 unspecified atom stereocenters. The van der Waals surface area contributed by atoms with E-state index in [4.69, 9.17) is 0 Å². The van der Waals surface area contributed by atoms with Crippen LogP contribution in [0.3, 0.4) is 0 Å². The molecule has 0 atom stereocenters. The molecule has 0 spiro atoms. The minimum Gasteiger partial charge on any atom is -0.506 e. The molecule has 6 nitrogen and oxygen atoms in total. The molecule has 0 aliphatic heterocycles. The molecule has 1 radical (unpaired) electrons. The Morgan fingerprint density at radius 2 is 0.967 bits per heavy atom. The van der Waals surface area contributed by atoms with Crippen LogP contribution in [0.15, 0.2) is 236 Å². The summed E-state index contributed by atoms with van der Waals surface area (Å²) < 4.78 is 15.2. The van der Waals surface area contributed by atoms with E-state index < -0.39 is 18.5 Å². The Morgan fingerprint density at radius 3 is 1.43 bits per heavy atom. The molecule has 8 rings (SSSR count). The molecule has 0 aliphatic rings. The molecule has 61 heavy (non-hydrogen) atoms. The Balaban J connectivity index is 0.000000248. The number of aromatic hydroxyl groups is 1. The Morgan fingerprint density at radius 1 is 0.574 bits per heavy atom. The van der Waals surface area contributed by atoms with Gasteiger partial charge in [0.1, 0.15) is 11.3 Å². The van der Waals surface area contributed by atoms with E-state index in [2.05, 4.69) is 18.1 Å². The minimum absolute atomic E-state index is 0. The van der Waals surface area contributed by atoms with Gasteiger partial charge in [-0.25, -0.2) is 0 Å². The fourth-order valence-corrected chi connectivity index (χ4v) is 9.70. The zero-order chi connectivity index (χ0) is 42.1. The van der Waals surface area contributed by atoms with E-state index in [1.54, 1.807) is 55.6 Å². The van der Waals surface area contributed by atoms with Crippen LogP contribution in [0.25, 0.3) is 16.5 Å². The summed E-state index contributed by atoms with van der Waals surface area (Å²) in [6, 6.07) is 62.9. The van der Waals surface area contributed by atoms with Crippen LogP contribution in [0, 0.1) is 49.4 Å². The number of aromatic nitrogens is 1. The summed E-state index contributed by atoms with van der Waals surface area (Å²) in [6.45, 7) is 8.47. The predicted octanol–water partition coefficient (Wildman–Crippen LogP) is 10.7. The van der Waals surface area contributed by atoms with Crippen molar-refractivity contribution < 1.29 is 63.8 Å². The van der Waals surface area contributed by atoms with Gasteiger partial charge in [0.15, 0.2) is 7.14 Å². The number of nitrogens with zero attached hydrogens (tertiary/aromatic N) is 2. The molecule has 0 aliphatic carbocycles. The van der Waals surface area contributed by atoms with Crippen molar-refractivity contribution in [2.45, 2.75) is 0 Å². The maximum absolute atomic E-state index is 13.8. The molecule has 7 aromatic carbocycles. The van der Waals surface area contributed by atoms with Gasteiger partial charge >= 0.3 is 0 Å². The summed E-state index contributed by atoms with van der Waals surface area (Å²) in [7, 11) is -1.19. The molecule has 0 bridgehead atoms. The first-order valence-electron chi connectivity index (χ1n) is 19.4. The number of benzene rings is 7. The first-order chi connectivity index (χ1) is 29.2. The number of anilines is 2. The van der Waals surface area contributed by atoms with Crippen molar-refractivity contribution in [2.75, 3.05) is 4.90 Å². The van der Waals surface area contributed by atoms with E-state index in [-0.39, 0.29) is 60.7 Å². The molecule has 1 N–H and O–H groups in total. The molecular weight excluding hydrogens is 912 g/mol. The second-order valence-electron chi connectivity index (χ2n) is 14.0. The number of hydrogen-bond acceptors (Lipinski definition) is 5. The molecule has 1 aromatic heterocycles. The Labute approximate surface area is 397 Å². The van der Waals surface area contributed by atoms with Crippen molar-refractivity contribution in [3.05, 3.63) is 258 Å². The van der Waals surface area contributed by atoms with Gasteiger partial charge in [-0.2, -0.15) is 0 Å². The number of para-hydroxylation sites is 3. The first-order valence-corrected chi connectivity index (χ1v) is 21.1. The molecule has 301 valence electrons. The minimum atomic E-state index is -2.78. The number of aryl methyl sites for hydroxylation is 1. The monoisotopic (exact) mass is 955 g/mol. The number of rotatable bonds is 11. The summed E-state index contributed by atoms with van der Waals surface area (Å²) in [4.78, 5) is 28.3.